The third-order valence-electron chi connectivity index (χ3n) is 4.62. The number of ether oxygens (including phenoxy) is 1. The van der Waals surface area contributed by atoms with E-state index in [0.29, 0.717) is 28.3 Å². The highest BCUT2D eigenvalue weighted by atomic mass is 16.5. The zero-order chi connectivity index (χ0) is 22.5. The fraction of sp³-hybridized carbons (Fsp3) is 0.217. The highest BCUT2D eigenvalue weighted by Gasteiger charge is 2.25. The van der Waals surface area contributed by atoms with E-state index in [1.165, 1.54) is 13.8 Å². The topological polar surface area (TPSA) is 102 Å². The first-order valence-corrected chi connectivity index (χ1v) is 9.77. The molecule has 31 heavy (non-hydrogen) atoms. The second-order valence-electron chi connectivity index (χ2n) is 7.09. The third-order valence-corrected chi connectivity index (χ3v) is 4.62. The van der Waals surface area contributed by atoms with Crippen LogP contribution in [0.4, 0.5) is 11.4 Å². The highest BCUT2D eigenvalue weighted by Crippen LogP contribution is 2.20. The van der Waals surface area contributed by atoms with Gasteiger partial charge >= 0.3 is 5.97 Å². The summed E-state index contributed by atoms with van der Waals surface area (Å²) in [4.78, 5) is 36.3. The largest absolute Gasteiger partial charge is 0.449 e. The van der Waals surface area contributed by atoms with Crippen molar-refractivity contribution >= 4 is 29.2 Å². The molecule has 0 fully saturated rings. The number of anilines is 2. The van der Waals surface area contributed by atoms with E-state index in [2.05, 4.69) is 15.7 Å². The van der Waals surface area contributed by atoms with E-state index in [1.807, 2.05) is 30.3 Å². The maximum Gasteiger partial charge on any atom is 0.342 e. The number of hydrogen-bond donors (Lipinski definition) is 2. The molecule has 1 aromatic heterocycles. The molecular weight excluding hydrogens is 396 g/mol. The van der Waals surface area contributed by atoms with E-state index >= 15 is 0 Å². The Labute approximate surface area is 180 Å². The summed E-state index contributed by atoms with van der Waals surface area (Å²) in [7, 11) is 0. The quantitative estimate of drug-likeness (QED) is 0.593. The van der Waals surface area contributed by atoms with Gasteiger partial charge in [-0.05, 0) is 57.2 Å². The van der Waals surface area contributed by atoms with Crippen LogP contribution in [-0.2, 0) is 14.3 Å². The molecule has 3 rings (SSSR count). The second-order valence-corrected chi connectivity index (χ2v) is 7.09. The van der Waals surface area contributed by atoms with E-state index in [0.717, 1.165) is 5.69 Å². The Hall–Kier alpha value is -3.94. The fourth-order valence-electron chi connectivity index (χ4n) is 3.12. The van der Waals surface area contributed by atoms with Crippen molar-refractivity contribution in [1.29, 1.82) is 0 Å². The molecule has 1 atom stereocenters. The number of nitrogens with zero attached hydrogens (tertiary/aromatic N) is 2. The molecule has 0 aliphatic rings. The number of rotatable bonds is 6. The first-order chi connectivity index (χ1) is 14.8. The lowest BCUT2D eigenvalue weighted by Crippen LogP contribution is -2.30. The van der Waals surface area contributed by atoms with Gasteiger partial charge in [0.25, 0.3) is 5.91 Å². The molecule has 0 saturated heterocycles. The van der Waals surface area contributed by atoms with Gasteiger partial charge in [-0.25, -0.2) is 9.48 Å². The van der Waals surface area contributed by atoms with E-state index < -0.39 is 18.0 Å². The Kier molecular flexibility index (Phi) is 6.49. The van der Waals surface area contributed by atoms with Crippen LogP contribution >= 0.6 is 0 Å². The number of aromatic nitrogens is 2. The van der Waals surface area contributed by atoms with Gasteiger partial charge in [0.05, 0.1) is 17.1 Å². The van der Waals surface area contributed by atoms with E-state index in [-0.39, 0.29) is 5.91 Å². The van der Waals surface area contributed by atoms with Gasteiger partial charge in [-0.15, -0.1) is 0 Å². The van der Waals surface area contributed by atoms with Gasteiger partial charge in [0.1, 0.15) is 5.56 Å². The molecule has 2 aromatic carbocycles. The molecule has 2 amide bonds. The maximum absolute atomic E-state index is 12.7. The lowest BCUT2D eigenvalue weighted by atomic mass is 10.2. The van der Waals surface area contributed by atoms with Gasteiger partial charge in [0.2, 0.25) is 5.91 Å². The molecular formula is C23H24N4O4. The SMILES string of the molecule is CC(=O)Nc1ccc(NC(=O)[C@H](C)OC(=O)c2c(C)nn(-c3ccccc3)c2C)cc1. The number of aryl methyl sites for hydroxylation is 1. The van der Waals surface area contributed by atoms with E-state index in [9.17, 15) is 14.4 Å². The number of para-hydroxylation sites is 1. The van der Waals surface area contributed by atoms with Crippen LogP contribution in [0.3, 0.4) is 0 Å². The van der Waals surface area contributed by atoms with Crippen LogP contribution in [0.15, 0.2) is 54.6 Å². The Bertz CT molecular complexity index is 1100. The summed E-state index contributed by atoms with van der Waals surface area (Å²) in [5.41, 5.74) is 3.46. The molecule has 0 bridgehead atoms. The molecule has 8 heteroatoms. The predicted octanol–water partition coefficient (Wildman–Crippen LogP) is 3.63. The molecule has 160 valence electrons. The van der Waals surface area contributed by atoms with Crippen LogP contribution in [0.2, 0.25) is 0 Å². The second kappa shape index (κ2) is 9.25. The van der Waals surface area contributed by atoms with Crippen molar-refractivity contribution in [3.8, 4) is 5.69 Å². The van der Waals surface area contributed by atoms with Crippen LogP contribution in [0.25, 0.3) is 5.69 Å². The lowest BCUT2D eigenvalue weighted by Gasteiger charge is -2.14. The van der Waals surface area contributed by atoms with E-state index in [1.54, 1.807) is 42.8 Å². The Morgan fingerprint density at radius 3 is 2.10 bits per heavy atom. The molecule has 0 radical (unpaired) electrons. The van der Waals surface area contributed by atoms with Gasteiger partial charge in [-0.1, -0.05) is 18.2 Å². The van der Waals surface area contributed by atoms with Crippen molar-refractivity contribution in [3.05, 3.63) is 71.5 Å². The molecule has 0 aliphatic heterocycles. The van der Waals surface area contributed by atoms with Crippen molar-refractivity contribution in [2.75, 3.05) is 10.6 Å². The smallest absolute Gasteiger partial charge is 0.342 e. The third kappa shape index (κ3) is 5.16. The molecule has 1 heterocycles. The van der Waals surface area contributed by atoms with Crippen molar-refractivity contribution in [2.45, 2.75) is 33.8 Å². The first-order valence-electron chi connectivity index (χ1n) is 9.77. The molecule has 8 nitrogen and oxygen atoms in total. The summed E-state index contributed by atoms with van der Waals surface area (Å²) in [6.45, 7) is 6.43. The number of carbonyl (C=O) groups excluding carboxylic acids is 3. The monoisotopic (exact) mass is 420 g/mol. The van der Waals surface area contributed by atoms with Crippen LogP contribution in [0.1, 0.15) is 35.6 Å². The molecule has 0 aliphatic carbocycles. The highest BCUT2D eigenvalue weighted by molar-refractivity contribution is 5.98. The normalized spacial score (nSPS) is 11.5. The first kappa shape index (κ1) is 21.8. The summed E-state index contributed by atoms with van der Waals surface area (Å²) in [5.74, 6) is -1.26. The Balaban J connectivity index is 1.67. The van der Waals surface area contributed by atoms with Crippen molar-refractivity contribution < 1.29 is 19.1 Å². The molecule has 0 saturated carbocycles. The number of esters is 1. The molecule has 2 N–H and O–H groups in total. The lowest BCUT2D eigenvalue weighted by molar-refractivity contribution is -0.123. The summed E-state index contributed by atoms with van der Waals surface area (Å²) in [5, 5.41) is 9.77. The summed E-state index contributed by atoms with van der Waals surface area (Å²) >= 11 is 0. The number of carbonyl (C=O) groups is 3. The number of hydrogen-bond acceptors (Lipinski definition) is 5. The summed E-state index contributed by atoms with van der Waals surface area (Å²) in [6.07, 6.45) is -1.01. The van der Waals surface area contributed by atoms with Gasteiger partial charge < -0.3 is 15.4 Å². The number of benzene rings is 2. The minimum atomic E-state index is -1.01. The predicted molar refractivity (Wildman–Crippen MR) is 117 cm³/mol. The Morgan fingerprint density at radius 2 is 1.52 bits per heavy atom. The average Bonchev–Trinajstić information content (AvgIpc) is 3.03. The average molecular weight is 420 g/mol. The Morgan fingerprint density at radius 1 is 0.935 bits per heavy atom. The van der Waals surface area contributed by atoms with Gasteiger partial charge in [0.15, 0.2) is 6.10 Å². The maximum atomic E-state index is 12.7. The molecule has 0 spiro atoms. The number of amides is 2. The van der Waals surface area contributed by atoms with Crippen LogP contribution in [-0.4, -0.2) is 33.7 Å². The van der Waals surface area contributed by atoms with Crippen molar-refractivity contribution in [3.63, 3.8) is 0 Å². The van der Waals surface area contributed by atoms with Gasteiger partial charge in [-0.3, -0.25) is 9.59 Å². The van der Waals surface area contributed by atoms with Crippen molar-refractivity contribution in [2.24, 2.45) is 0 Å². The summed E-state index contributed by atoms with van der Waals surface area (Å²) in [6, 6.07) is 16.1. The molecule has 0 unspecified atom stereocenters. The number of nitrogens with one attached hydrogen (secondary N) is 2. The minimum absolute atomic E-state index is 0.182. The zero-order valence-electron chi connectivity index (χ0n) is 17.8. The van der Waals surface area contributed by atoms with Crippen molar-refractivity contribution in [1.82, 2.24) is 9.78 Å². The van der Waals surface area contributed by atoms with Crippen LogP contribution < -0.4 is 10.6 Å². The van der Waals surface area contributed by atoms with Gasteiger partial charge in [0, 0.05) is 18.3 Å². The van der Waals surface area contributed by atoms with Crippen LogP contribution in [0.5, 0.6) is 0 Å². The van der Waals surface area contributed by atoms with Crippen LogP contribution in [0, 0.1) is 13.8 Å². The van der Waals surface area contributed by atoms with Gasteiger partial charge in [-0.2, -0.15) is 5.10 Å². The molecule has 3 aromatic rings. The zero-order valence-corrected chi connectivity index (χ0v) is 17.8. The standard InChI is InChI=1S/C23H24N4O4/c1-14-21(15(2)27(26-14)20-8-6-5-7-9-20)23(30)31-16(3)22(29)25-19-12-10-18(11-13-19)24-17(4)28/h5-13,16H,1-4H3,(H,24,28)(H,25,29)/t16-/m0/s1. The minimum Gasteiger partial charge on any atom is -0.449 e. The summed E-state index contributed by atoms with van der Waals surface area (Å²) < 4.78 is 7.07. The van der Waals surface area contributed by atoms with E-state index in [4.69, 9.17) is 4.74 Å². The fourth-order valence-corrected chi connectivity index (χ4v) is 3.12.